The van der Waals surface area contributed by atoms with E-state index in [1.807, 2.05) is 13.0 Å². The largest absolute Gasteiger partial charge is 0.312 e. The summed E-state index contributed by atoms with van der Waals surface area (Å²) in [6.45, 7) is 7.08. The summed E-state index contributed by atoms with van der Waals surface area (Å²) in [6.07, 6.45) is 3.05. The van der Waals surface area contributed by atoms with E-state index < -0.39 is 10.0 Å². The lowest BCUT2D eigenvalue weighted by molar-refractivity contribution is 0.477. The topological polar surface area (TPSA) is 49.4 Å². The van der Waals surface area contributed by atoms with Crippen molar-refractivity contribution in [2.75, 3.05) is 19.6 Å². The van der Waals surface area contributed by atoms with Gasteiger partial charge >= 0.3 is 0 Å². The third kappa shape index (κ3) is 3.37. The van der Waals surface area contributed by atoms with Crippen molar-refractivity contribution >= 4 is 21.4 Å². The first-order valence-corrected chi connectivity index (χ1v) is 9.11. The molecule has 1 saturated heterocycles. The zero-order valence-electron chi connectivity index (χ0n) is 11.6. The fraction of sp³-hybridized carbons (Fsp3) is 0.692. The van der Waals surface area contributed by atoms with Crippen LogP contribution in [0.15, 0.2) is 11.0 Å². The average Bonchev–Trinajstić information content (AvgIpc) is 2.99. The maximum atomic E-state index is 12.5. The lowest BCUT2D eigenvalue weighted by atomic mass is 10.4. The highest BCUT2D eigenvalue weighted by molar-refractivity contribution is 7.89. The molecule has 19 heavy (non-hydrogen) atoms. The number of aryl methyl sites for hydroxylation is 1. The summed E-state index contributed by atoms with van der Waals surface area (Å²) in [5.74, 6) is 0. The predicted molar refractivity (Wildman–Crippen MR) is 79.0 cm³/mol. The molecule has 1 aromatic rings. The average molecular weight is 302 g/mol. The Morgan fingerprint density at radius 3 is 2.68 bits per heavy atom. The predicted octanol–water partition coefficient (Wildman–Crippen LogP) is 2.34. The van der Waals surface area contributed by atoms with Gasteiger partial charge in [-0.2, -0.15) is 4.31 Å². The molecule has 2 rings (SSSR count). The molecule has 1 aliphatic rings. The zero-order chi connectivity index (χ0) is 13.9. The first kappa shape index (κ1) is 15.0. The molecule has 0 spiro atoms. The molecule has 0 bridgehead atoms. The summed E-state index contributed by atoms with van der Waals surface area (Å²) in [5, 5.41) is 3.31. The van der Waals surface area contributed by atoms with Gasteiger partial charge in [0.2, 0.25) is 10.0 Å². The van der Waals surface area contributed by atoms with Gasteiger partial charge in [-0.1, -0.05) is 6.92 Å². The van der Waals surface area contributed by atoms with E-state index in [1.54, 1.807) is 15.6 Å². The lowest BCUT2D eigenvalue weighted by Crippen LogP contribution is -2.27. The van der Waals surface area contributed by atoms with Crippen LogP contribution in [-0.4, -0.2) is 32.4 Å². The molecule has 0 unspecified atom stereocenters. The van der Waals surface area contributed by atoms with Crippen LogP contribution in [-0.2, 0) is 16.6 Å². The number of thiophene rings is 1. The van der Waals surface area contributed by atoms with Crippen LogP contribution in [0.4, 0.5) is 0 Å². The molecule has 6 heteroatoms. The standard InChI is InChI=1S/C13H22N2O2S2/c1-3-6-14-10-12-9-13(11(2)18-12)19(16,17)15-7-4-5-8-15/h9,14H,3-8,10H2,1-2H3. The third-order valence-electron chi connectivity index (χ3n) is 3.33. The van der Waals surface area contributed by atoms with Crippen LogP contribution in [0, 0.1) is 6.92 Å². The quantitative estimate of drug-likeness (QED) is 0.821. The molecule has 0 aliphatic carbocycles. The Morgan fingerprint density at radius 2 is 2.05 bits per heavy atom. The molecule has 0 amide bonds. The summed E-state index contributed by atoms with van der Waals surface area (Å²) in [4.78, 5) is 2.51. The molecule has 1 aromatic heterocycles. The van der Waals surface area contributed by atoms with Crippen molar-refractivity contribution in [2.45, 2.75) is 44.6 Å². The molecule has 0 atom stereocenters. The fourth-order valence-electron chi connectivity index (χ4n) is 2.32. The van der Waals surface area contributed by atoms with Crippen LogP contribution in [0.5, 0.6) is 0 Å². The third-order valence-corrected chi connectivity index (χ3v) is 6.54. The SMILES string of the molecule is CCCNCc1cc(S(=O)(=O)N2CCCC2)c(C)s1. The second kappa shape index (κ2) is 6.35. The number of hydrogen-bond donors (Lipinski definition) is 1. The van der Waals surface area contributed by atoms with Crippen molar-refractivity contribution in [2.24, 2.45) is 0 Å². The molecule has 0 radical (unpaired) electrons. The van der Waals surface area contributed by atoms with E-state index in [2.05, 4.69) is 12.2 Å². The van der Waals surface area contributed by atoms with Gasteiger partial charge in [0, 0.05) is 29.4 Å². The first-order chi connectivity index (χ1) is 9.05. The number of hydrogen-bond acceptors (Lipinski definition) is 4. The summed E-state index contributed by atoms with van der Waals surface area (Å²) in [5.41, 5.74) is 0. The Labute approximate surface area is 119 Å². The Morgan fingerprint density at radius 1 is 1.37 bits per heavy atom. The summed E-state index contributed by atoms with van der Waals surface area (Å²) in [7, 11) is -3.26. The minimum absolute atomic E-state index is 0.507. The Balaban J connectivity index is 2.15. The van der Waals surface area contributed by atoms with E-state index in [-0.39, 0.29) is 0 Å². The molecule has 1 N–H and O–H groups in total. The van der Waals surface area contributed by atoms with E-state index in [9.17, 15) is 8.42 Å². The van der Waals surface area contributed by atoms with E-state index in [0.717, 1.165) is 42.1 Å². The van der Waals surface area contributed by atoms with Crippen molar-refractivity contribution < 1.29 is 8.42 Å². The van der Waals surface area contributed by atoms with Crippen LogP contribution in [0.2, 0.25) is 0 Å². The highest BCUT2D eigenvalue weighted by atomic mass is 32.2. The van der Waals surface area contributed by atoms with Gasteiger partial charge in [-0.15, -0.1) is 11.3 Å². The van der Waals surface area contributed by atoms with Crippen LogP contribution >= 0.6 is 11.3 Å². The number of sulfonamides is 1. The maximum Gasteiger partial charge on any atom is 0.244 e. The van der Waals surface area contributed by atoms with Gasteiger partial charge in [0.1, 0.15) is 0 Å². The lowest BCUT2D eigenvalue weighted by Gasteiger charge is -2.14. The number of nitrogens with one attached hydrogen (secondary N) is 1. The second-order valence-corrected chi connectivity index (χ2v) is 8.17. The van der Waals surface area contributed by atoms with E-state index >= 15 is 0 Å². The van der Waals surface area contributed by atoms with Gasteiger partial charge in [-0.25, -0.2) is 8.42 Å². The van der Waals surface area contributed by atoms with E-state index in [1.165, 1.54) is 0 Å². The van der Waals surface area contributed by atoms with Gasteiger partial charge in [0.25, 0.3) is 0 Å². The van der Waals surface area contributed by atoms with E-state index in [4.69, 9.17) is 0 Å². The minimum Gasteiger partial charge on any atom is -0.312 e. The Hall–Kier alpha value is -0.430. The fourth-order valence-corrected chi connectivity index (χ4v) is 5.41. The van der Waals surface area contributed by atoms with Crippen molar-refractivity contribution in [3.05, 3.63) is 15.8 Å². The molecule has 1 fully saturated rings. The van der Waals surface area contributed by atoms with Crippen molar-refractivity contribution in [3.63, 3.8) is 0 Å². The van der Waals surface area contributed by atoms with Crippen molar-refractivity contribution in [1.82, 2.24) is 9.62 Å². The normalized spacial score (nSPS) is 17.2. The molecule has 0 aromatic carbocycles. The number of nitrogens with zero attached hydrogens (tertiary/aromatic N) is 1. The van der Waals surface area contributed by atoms with Crippen molar-refractivity contribution in [3.8, 4) is 0 Å². The van der Waals surface area contributed by atoms with Gasteiger partial charge in [-0.05, 0) is 38.8 Å². The Bertz CT molecular complexity index is 517. The van der Waals surface area contributed by atoms with Crippen LogP contribution in [0.1, 0.15) is 35.9 Å². The Kier molecular flexibility index (Phi) is 5.00. The molecular formula is C13H22N2O2S2. The second-order valence-electron chi connectivity index (χ2n) is 4.92. The molecule has 108 valence electrons. The molecule has 0 saturated carbocycles. The monoisotopic (exact) mass is 302 g/mol. The van der Waals surface area contributed by atoms with Crippen LogP contribution < -0.4 is 5.32 Å². The smallest absolute Gasteiger partial charge is 0.244 e. The maximum absolute atomic E-state index is 12.5. The van der Waals surface area contributed by atoms with Gasteiger partial charge in [-0.3, -0.25) is 0 Å². The minimum atomic E-state index is -3.26. The zero-order valence-corrected chi connectivity index (χ0v) is 13.2. The first-order valence-electron chi connectivity index (χ1n) is 6.86. The highest BCUT2D eigenvalue weighted by Gasteiger charge is 2.29. The highest BCUT2D eigenvalue weighted by Crippen LogP contribution is 2.29. The van der Waals surface area contributed by atoms with Gasteiger partial charge in [0.05, 0.1) is 4.90 Å². The van der Waals surface area contributed by atoms with Gasteiger partial charge < -0.3 is 5.32 Å². The van der Waals surface area contributed by atoms with Crippen LogP contribution in [0.3, 0.4) is 0 Å². The number of rotatable bonds is 6. The van der Waals surface area contributed by atoms with Gasteiger partial charge in [0.15, 0.2) is 0 Å². The summed E-state index contributed by atoms with van der Waals surface area (Å²) < 4.78 is 26.6. The van der Waals surface area contributed by atoms with Crippen molar-refractivity contribution in [1.29, 1.82) is 0 Å². The summed E-state index contributed by atoms with van der Waals surface area (Å²) in [6, 6.07) is 1.84. The summed E-state index contributed by atoms with van der Waals surface area (Å²) >= 11 is 1.58. The van der Waals surface area contributed by atoms with Crippen LogP contribution in [0.25, 0.3) is 0 Å². The molecule has 1 aliphatic heterocycles. The molecular weight excluding hydrogens is 280 g/mol. The molecule has 2 heterocycles. The van der Waals surface area contributed by atoms with E-state index in [0.29, 0.717) is 18.0 Å². The molecule has 4 nitrogen and oxygen atoms in total.